The highest BCUT2D eigenvalue weighted by Crippen LogP contribution is 2.30. The summed E-state index contributed by atoms with van der Waals surface area (Å²) in [7, 11) is 1.62. The molecule has 0 unspecified atom stereocenters. The molecule has 0 aliphatic heterocycles. The molecule has 0 bridgehead atoms. The van der Waals surface area contributed by atoms with Gasteiger partial charge in [0.05, 0.1) is 13.3 Å². The van der Waals surface area contributed by atoms with Crippen molar-refractivity contribution in [2.24, 2.45) is 5.10 Å². The Kier molecular flexibility index (Phi) is 7.04. The standard InChI is InChI=1S/C18H21N3O2S/c1-3-19-18(24)21-20-12-15-10-7-11-16(22-2)17(15)23-13-14-8-5-4-6-9-14/h4-12H,3,13H2,1-2H3,(H2,19,21,24)/b20-12-. The van der Waals surface area contributed by atoms with E-state index in [4.69, 9.17) is 21.7 Å². The Labute approximate surface area is 147 Å². The number of hydrogen-bond donors (Lipinski definition) is 2. The van der Waals surface area contributed by atoms with Crippen LogP contribution >= 0.6 is 12.2 Å². The quantitative estimate of drug-likeness (QED) is 0.460. The highest BCUT2D eigenvalue weighted by Gasteiger charge is 2.09. The summed E-state index contributed by atoms with van der Waals surface area (Å²) in [6, 6.07) is 15.6. The van der Waals surface area contributed by atoms with Crippen LogP contribution in [0.1, 0.15) is 18.1 Å². The molecule has 0 aromatic heterocycles. The lowest BCUT2D eigenvalue weighted by molar-refractivity contribution is 0.284. The molecule has 0 amide bonds. The van der Waals surface area contributed by atoms with Gasteiger partial charge < -0.3 is 14.8 Å². The first kappa shape index (κ1) is 17.7. The minimum Gasteiger partial charge on any atom is -0.493 e. The number of para-hydroxylation sites is 1. The average Bonchev–Trinajstić information content (AvgIpc) is 2.61. The lowest BCUT2D eigenvalue weighted by Crippen LogP contribution is -2.31. The number of rotatable bonds is 7. The predicted octanol–water partition coefficient (Wildman–Crippen LogP) is 3.09. The SMILES string of the molecule is CCNC(=S)N/N=C\c1cccc(OC)c1OCc1ccccc1. The topological polar surface area (TPSA) is 54.9 Å². The molecule has 0 radical (unpaired) electrons. The number of thiocarbonyl (C=S) groups is 1. The Morgan fingerprint density at radius 1 is 1.17 bits per heavy atom. The molecule has 2 aromatic rings. The van der Waals surface area contributed by atoms with Crippen LogP contribution in [0.4, 0.5) is 0 Å². The van der Waals surface area contributed by atoms with Gasteiger partial charge in [-0.05, 0) is 36.8 Å². The molecule has 0 aliphatic carbocycles. The summed E-state index contributed by atoms with van der Waals surface area (Å²) < 4.78 is 11.4. The van der Waals surface area contributed by atoms with E-state index in [9.17, 15) is 0 Å². The minimum absolute atomic E-state index is 0.450. The Morgan fingerprint density at radius 3 is 2.67 bits per heavy atom. The lowest BCUT2D eigenvalue weighted by atomic mass is 10.2. The van der Waals surface area contributed by atoms with Gasteiger partial charge in [-0.3, -0.25) is 5.43 Å². The first-order chi connectivity index (χ1) is 11.7. The monoisotopic (exact) mass is 343 g/mol. The zero-order valence-electron chi connectivity index (χ0n) is 13.8. The number of benzene rings is 2. The van der Waals surface area contributed by atoms with E-state index in [1.54, 1.807) is 13.3 Å². The first-order valence-electron chi connectivity index (χ1n) is 7.65. The second kappa shape index (κ2) is 9.52. The lowest BCUT2D eigenvalue weighted by Gasteiger charge is -2.13. The summed E-state index contributed by atoms with van der Waals surface area (Å²) in [5, 5.41) is 7.58. The maximum Gasteiger partial charge on any atom is 0.186 e. The van der Waals surface area contributed by atoms with E-state index in [0.717, 1.165) is 17.7 Å². The average molecular weight is 343 g/mol. The third-order valence-electron chi connectivity index (χ3n) is 3.16. The summed E-state index contributed by atoms with van der Waals surface area (Å²) in [6.45, 7) is 3.16. The van der Waals surface area contributed by atoms with Gasteiger partial charge in [-0.25, -0.2) is 0 Å². The first-order valence-corrected chi connectivity index (χ1v) is 8.06. The van der Waals surface area contributed by atoms with E-state index in [2.05, 4.69) is 15.8 Å². The van der Waals surface area contributed by atoms with Gasteiger partial charge in [0.15, 0.2) is 16.6 Å². The van der Waals surface area contributed by atoms with Gasteiger partial charge in [0.1, 0.15) is 6.61 Å². The number of ether oxygens (including phenoxy) is 2. The molecule has 2 N–H and O–H groups in total. The Morgan fingerprint density at radius 2 is 1.96 bits per heavy atom. The number of methoxy groups -OCH3 is 1. The van der Waals surface area contributed by atoms with Crippen LogP contribution in [0.25, 0.3) is 0 Å². The predicted molar refractivity (Wildman–Crippen MR) is 101 cm³/mol. The molecule has 5 nitrogen and oxygen atoms in total. The van der Waals surface area contributed by atoms with Gasteiger partial charge >= 0.3 is 0 Å². The van der Waals surface area contributed by atoms with E-state index >= 15 is 0 Å². The van der Waals surface area contributed by atoms with Gasteiger partial charge in [0, 0.05) is 12.1 Å². The molecule has 0 heterocycles. The van der Waals surface area contributed by atoms with Crippen LogP contribution < -0.4 is 20.2 Å². The van der Waals surface area contributed by atoms with Crippen molar-refractivity contribution in [3.05, 3.63) is 59.7 Å². The summed E-state index contributed by atoms with van der Waals surface area (Å²) in [6.07, 6.45) is 1.66. The number of hydrogen-bond acceptors (Lipinski definition) is 4. The minimum atomic E-state index is 0.450. The maximum absolute atomic E-state index is 5.96. The summed E-state index contributed by atoms with van der Waals surface area (Å²) in [4.78, 5) is 0. The highest BCUT2D eigenvalue weighted by molar-refractivity contribution is 7.80. The van der Waals surface area contributed by atoms with Gasteiger partial charge in [0.2, 0.25) is 0 Å². The van der Waals surface area contributed by atoms with Crippen molar-refractivity contribution in [3.63, 3.8) is 0 Å². The van der Waals surface area contributed by atoms with Gasteiger partial charge in [-0.1, -0.05) is 36.4 Å². The Balaban J connectivity index is 2.12. The normalized spacial score (nSPS) is 10.4. The fourth-order valence-electron chi connectivity index (χ4n) is 2.04. The van der Waals surface area contributed by atoms with E-state index in [1.807, 2.05) is 55.5 Å². The molecular weight excluding hydrogens is 322 g/mol. The van der Waals surface area contributed by atoms with Gasteiger partial charge in [-0.2, -0.15) is 5.10 Å². The molecule has 0 saturated carbocycles. The van der Waals surface area contributed by atoms with Crippen molar-refractivity contribution >= 4 is 23.5 Å². The maximum atomic E-state index is 5.96. The fourth-order valence-corrected chi connectivity index (χ4v) is 2.24. The molecule has 0 aliphatic rings. The molecule has 6 heteroatoms. The molecule has 2 rings (SSSR count). The molecule has 0 spiro atoms. The third-order valence-corrected chi connectivity index (χ3v) is 3.40. The summed E-state index contributed by atoms with van der Waals surface area (Å²) in [5.41, 5.74) is 4.65. The Hall–Kier alpha value is -2.60. The molecule has 0 saturated heterocycles. The van der Waals surface area contributed by atoms with Crippen molar-refractivity contribution in [2.75, 3.05) is 13.7 Å². The van der Waals surface area contributed by atoms with Gasteiger partial charge in [0.25, 0.3) is 0 Å². The second-order valence-corrected chi connectivity index (χ2v) is 5.29. The molecule has 0 atom stereocenters. The molecular formula is C18H21N3O2S. The van der Waals surface area contributed by atoms with Crippen LogP contribution in [-0.4, -0.2) is 25.0 Å². The zero-order valence-corrected chi connectivity index (χ0v) is 14.6. The fraction of sp³-hybridized carbons (Fsp3) is 0.222. The molecule has 126 valence electrons. The van der Waals surface area contributed by atoms with E-state index < -0.39 is 0 Å². The van der Waals surface area contributed by atoms with Crippen molar-refractivity contribution in [1.82, 2.24) is 10.7 Å². The molecule has 24 heavy (non-hydrogen) atoms. The largest absolute Gasteiger partial charge is 0.493 e. The number of hydrazone groups is 1. The van der Waals surface area contributed by atoms with E-state index in [0.29, 0.717) is 23.2 Å². The van der Waals surface area contributed by atoms with Crippen LogP contribution in [0.15, 0.2) is 53.6 Å². The highest BCUT2D eigenvalue weighted by atomic mass is 32.1. The zero-order chi connectivity index (χ0) is 17.2. The van der Waals surface area contributed by atoms with E-state index in [1.165, 1.54) is 0 Å². The number of nitrogens with zero attached hydrogens (tertiary/aromatic N) is 1. The second-order valence-electron chi connectivity index (χ2n) is 4.88. The molecule has 2 aromatic carbocycles. The van der Waals surface area contributed by atoms with Crippen LogP contribution in [0.5, 0.6) is 11.5 Å². The summed E-state index contributed by atoms with van der Waals surface area (Å²) >= 11 is 5.07. The van der Waals surface area contributed by atoms with E-state index in [-0.39, 0.29) is 0 Å². The van der Waals surface area contributed by atoms with Crippen LogP contribution in [0.2, 0.25) is 0 Å². The van der Waals surface area contributed by atoms with Crippen molar-refractivity contribution in [1.29, 1.82) is 0 Å². The van der Waals surface area contributed by atoms with Crippen molar-refractivity contribution in [3.8, 4) is 11.5 Å². The van der Waals surface area contributed by atoms with Gasteiger partial charge in [-0.15, -0.1) is 0 Å². The van der Waals surface area contributed by atoms with Crippen LogP contribution in [0, 0.1) is 0 Å². The van der Waals surface area contributed by atoms with Crippen LogP contribution in [0.3, 0.4) is 0 Å². The Bertz CT molecular complexity index is 690. The third kappa shape index (κ3) is 5.24. The van der Waals surface area contributed by atoms with Crippen LogP contribution in [-0.2, 0) is 6.61 Å². The van der Waals surface area contributed by atoms with Crippen molar-refractivity contribution < 1.29 is 9.47 Å². The summed E-state index contributed by atoms with van der Waals surface area (Å²) in [5.74, 6) is 1.30. The molecule has 0 fully saturated rings. The number of nitrogens with one attached hydrogen (secondary N) is 2. The smallest absolute Gasteiger partial charge is 0.186 e. The van der Waals surface area contributed by atoms with Crippen molar-refractivity contribution in [2.45, 2.75) is 13.5 Å².